The summed E-state index contributed by atoms with van der Waals surface area (Å²) < 4.78 is 2.06. The van der Waals surface area contributed by atoms with Crippen molar-refractivity contribution in [3.8, 4) is 5.82 Å². The topological polar surface area (TPSA) is 62.5 Å². The fourth-order valence-electron chi connectivity index (χ4n) is 2.91. The summed E-state index contributed by atoms with van der Waals surface area (Å²) in [6, 6.07) is 15.2. The highest BCUT2D eigenvalue weighted by Gasteiger charge is 2.10. The Kier molecular flexibility index (Phi) is 5.35. The van der Waals surface area contributed by atoms with Gasteiger partial charge < -0.3 is 9.47 Å². The molecule has 1 amide bonds. The van der Waals surface area contributed by atoms with Crippen molar-refractivity contribution < 1.29 is 4.79 Å². The third kappa shape index (κ3) is 4.06. The zero-order chi connectivity index (χ0) is 19.4. The highest BCUT2D eigenvalue weighted by Crippen LogP contribution is 2.18. The molecule has 0 aliphatic carbocycles. The first-order valence-corrected chi connectivity index (χ1v) is 8.68. The van der Waals surface area contributed by atoms with E-state index in [1.807, 2.05) is 75.3 Å². The highest BCUT2D eigenvalue weighted by molar-refractivity contribution is 5.95. The second-order valence-electron chi connectivity index (χ2n) is 6.49. The van der Waals surface area contributed by atoms with Crippen LogP contribution in [0.1, 0.15) is 27.3 Å². The van der Waals surface area contributed by atoms with Gasteiger partial charge in [-0.2, -0.15) is 5.10 Å². The van der Waals surface area contributed by atoms with E-state index in [1.54, 1.807) is 18.5 Å². The average molecular weight is 361 g/mol. The van der Waals surface area contributed by atoms with Gasteiger partial charge in [0.15, 0.2) is 0 Å². The smallest absolute Gasteiger partial charge is 0.271 e. The zero-order valence-corrected chi connectivity index (χ0v) is 16.0. The lowest BCUT2D eigenvalue weighted by Crippen LogP contribution is -2.18. The number of hydrazone groups is 1. The van der Waals surface area contributed by atoms with Gasteiger partial charge in [0, 0.05) is 48.5 Å². The van der Waals surface area contributed by atoms with E-state index in [9.17, 15) is 4.79 Å². The third-order valence-electron chi connectivity index (χ3n) is 4.34. The molecule has 138 valence electrons. The van der Waals surface area contributed by atoms with Crippen molar-refractivity contribution in [3.63, 3.8) is 0 Å². The molecule has 1 aromatic carbocycles. The van der Waals surface area contributed by atoms with Crippen LogP contribution in [0.15, 0.2) is 59.8 Å². The molecule has 0 aliphatic heterocycles. The van der Waals surface area contributed by atoms with Gasteiger partial charge >= 0.3 is 0 Å². The van der Waals surface area contributed by atoms with Gasteiger partial charge in [0.2, 0.25) is 0 Å². The maximum absolute atomic E-state index is 12.3. The van der Waals surface area contributed by atoms with Crippen LogP contribution in [0.25, 0.3) is 5.82 Å². The number of pyridine rings is 1. The fraction of sp³-hybridized carbons (Fsp3) is 0.190. The van der Waals surface area contributed by atoms with Crippen molar-refractivity contribution >= 4 is 17.8 Å². The predicted octanol–water partition coefficient (Wildman–Crippen LogP) is 3.32. The summed E-state index contributed by atoms with van der Waals surface area (Å²) in [5.41, 5.74) is 7.12. The Morgan fingerprint density at radius 3 is 2.67 bits per heavy atom. The molecule has 0 atom stereocenters. The minimum Gasteiger partial charge on any atom is -0.378 e. The van der Waals surface area contributed by atoms with Gasteiger partial charge in [-0.25, -0.2) is 10.4 Å². The first-order valence-electron chi connectivity index (χ1n) is 8.68. The van der Waals surface area contributed by atoms with Crippen LogP contribution in [0.2, 0.25) is 0 Å². The zero-order valence-electron chi connectivity index (χ0n) is 16.0. The van der Waals surface area contributed by atoms with Crippen LogP contribution in [-0.2, 0) is 0 Å². The Morgan fingerprint density at radius 1 is 1.15 bits per heavy atom. The van der Waals surface area contributed by atoms with E-state index < -0.39 is 0 Å². The Balaban J connectivity index is 1.76. The molecule has 6 nitrogen and oxygen atoms in total. The quantitative estimate of drug-likeness (QED) is 0.560. The standard InChI is InChI=1S/C21H23N5O/c1-15-12-18(16(2)26(15)20-10-5-6-11-22-20)14-23-24-21(27)17-8-7-9-19(13-17)25(3)4/h5-14H,1-4H3,(H,24,27)/b23-14-. The van der Waals surface area contributed by atoms with Crippen molar-refractivity contribution in [3.05, 3.63) is 77.2 Å². The van der Waals surface area contributed by atoms with Gasteiger partial charge in [0.1, 0.15) is 5.82 Å². The Labute approximate surface area is 159 Å². The highest BCUT2D eigenvalue weighted by atomic mass is 16.2. The number of aromatic nitrogens is 2. The molecule has 0 bridgehead atoms. The summed E-state index contributed by atoms with van der Waals surface area (Å²) in [6.45, 7) is 4.02. The van der Waals surface area contributed by atoms with Crippen molar-refractivity contribution in [2.24, 2.45) is 5.10 Å². The molecule has 0 unspecified atom stereocenters. The normalized spacial score (nSPS) is 11.0. The molecular formula is C21H23N5O. The first-order chi connectivity index (χ1) is 13.0. The lowest BCUT2D eigenvalue weighted by molar-refractivity contribution is 0.0955. The summed E-state index contributed by atoms with van der Waals surface area (Å²) in [4.78, 5) is 18.7. The van der Waals surface area contributed by atoms with Gasteiger partial charge in [-0.3, -0.25) is 4.79 Å². The summed E-state index contributed by atoms with van der Waals surface area (Å²) in [6.07, 6.45) is 3.43. The SMILES string of the molecule is Cc1cc(/C=N\NC(=O)c2cccc(N(C)C)c2)c(C)n1-c1ccccn1. The number of nitrogens with one attached hydrogen (secondary N) is 1. The maximum Gasteiger partial charge on any atom is 0.271 e. The minimum absolute atomic E-state index is 0.242. The van der Waals surface area contributed by atoms with Crippen molar-refractivity contribution in [1.29, 1.82) is 0 Å². The number of carbonyl (C=O) groups excluding carboxylic acids is 1. The van der Waals surface area contributed by atoms with E-state index in [-0.39, 0.29) is 5.91 Å². The Hall–Kier alpha value is -3.41. The van der Waals surface area contributed by atoms with Crippen LogP contribution in [0, 0.1) is 13.8 Å². The van der Waals surface area contributed by atoms with Crippen LogP contribution < -0.4 is 10.3 Å². The molecular weight excluding hydrogens is 338 g/mol. The third-order valence-corrected chi connectivity index (χ3v) is 4.34. The number of rotatable bonds is 5. The predicted molar refractivity (Wildman–Crippen MR) is 109 cm³/mol. The van der Waals surface area contributed by atoms with Crippen LogP contribution in [-0.4, -0.2) is 35.8 Å². The van der Waals surface area contributed by atoms with Crippen LogP contribution in [0.5, 0.6) is 0 Å². The molecule has 2 aromatic heterocycles. The number of nitrogens with zero attached hydrogens (tertiary/aromatic N) is 4. The molecule has 3 rings (SSSR count). The fourth-order valence-corrected chi connectivity index (χ4v) is 2.91. The van der Waals surface area contributed by atoms with Crippen molar-refractivity contribution in [2.45, 2.75) is 13.8 Å². The molecule has 0 radical (unpaired) electrons. The minimum atomic E-state index is -0.242. The number of benzene rings is 1. The first kappa shape index (κ1) is 18.4. The second-order valence-corrected chi connectivity index (χ2v) is 6.49. The Morgan fingerprint density at radius 2 is 1.96 bits per heavy atom. The lowest BCUT2D eigenvalue weighted by Gasteiger charge is -2.12. The van der Waals surface area contributed by atoms with Crippen molar-refractivity contribution in [1.82, 2.24) is 15.0 Å². The second kappa shape index (κ2) is 7.86. The molecule has 0 aliphatic rings. The number of hydrogen-bond donors (Lipinski definition) is 1. The number of anilines is 1. The summed E-state index contributed by atoms with van der Waals surface area (Å²) in [5.74, 6) is 0.616. The molecule has 1 N–H and O–H groups in total. The molecule has 0 saturated heterocycles. The number of carbonyl (C=O) groups is 1. The van der Waals surface area contributed by atoms with E-state index in [1.165, 1.54) is 0 Å². The molecule has 0 spiro atoms. The van der Waals surface area contributed by atoms with Gasteiger partial charge in [-0.05, 0) is 50.2 Å². The van der Waals surface area contributed by atoms with E-state index in [0.29, 0.717) is 5.56 Å². The van der Waals surface area contributed by atoms with E-state index in [2.05, 4.69) is 20.1 Å². The lowest BCUT2D eigenvalue weighted by atomic mass is 10.2. The summed E-state index contributed by atoms with van der Waals surface area (Å²) >= 11 is 0. The molecule has 27 heavy (non-hydrogen) atoms. The molecule has 2 heterocycles. The van der Waals surface area contributed by atoms with Crippen LogP contribution in [0.3, 0.4) is 0 Å². The molecule has 3 aromatic rings. The monoisotopic (exact) mass is 361 g/mol. The number of aryl methyl sites for hydroxylation is 1. The van der Waals surface area contributed by atoms with Gasteiger partial charge in [0.05, 0.1) is 6.21 Å². The molecule has 6 heteroatoms. The van der Waals surface area contributed by atoms with Gasteiger partial charge in [-0.15, -0.1) is 0 Å². The molecule has 0 saturated carbocycles. The average Bonchev–Trinajstić information content (AvgIpc) is 2.96. The summed E-state index contributed by atoms with van der Waals surface area (Å²) in [5, 5.41) is 4.13. The largest absolute Gasteiger partial charge is 0.378 e. The van der Waals surface area contributed by atoms with Crippen LogP contribution in [0.4, 0.5) is 5.69 Å². The maximum atomic E-state index is 12.3. The van der Waals surface area contributed by atoms with Crippen LogP contribution >= 0.6 is 0 Å². The van der Waals surface area contributed by atoms with Gasteiger partial charge in [0.25, 0.3) is 5.91 Å². The molecule has 0 fully saturated rings. The number of amides is 1. The van der Waals surface area contributed by atoms with E-state index >= 15 is 0 Å². The Bertz CT molecular complexity index is 973. The van der Waals surface area contributed by atoms with Gasteiger partial charge in [-0.1, -0.05) is 12.1 Å². The summed E-state index contributed by atoms with van der Waals surface area (Å²) in [7, 11) is 3.87. The van der Waals surface area contributed by atoms with E-state index in [4.69, 9.17) is 0 Å². The van der Waals surface area contributed by atoms with Crippen molar-refractivity contribution in [2.75, 3.05) is 19.0 Å². The number of hydrogen-bond acceptors (Lipinski definition) is 4. The van der Waals surface area contributed by atoms with E-state index in [0.717, 1.165) is 28.5 Å².